The molecule has 22 heavy (non-hydrogen) atoms. The van der Waals surface area contributed by atoms with Crippen molar-refractivity contribution < 1.29 is 5.11 Å². The van der Waals surface area contributed by atoms with Gasteiger partial charge in [0.1, 0.15) is 5.75 Å². The van der Waals surface area contributed by atoms with Gasteiger partial charge in [-0.1, -0.05) is 44.2 Å². The molecule has 2 nitrogen and oxygen atoms in total. The molecule has 1 N–H and O–H groups in total. The van der Waals surface area contributed by atoms with Gasteiger partial charge in [0.2, 0.25) is 0 Å². The quantitative estimate of drug-likeness (QED) is 0.890. The van der Waals surface area contributed by atoms with Crippen LogP contribution in [0.1, 0.15) is 68.4 Å². The minimum absolute atomic E-state index is 0.525. The fourth-order valence-corrected chi connectivity index (χ4v) is 5.27. The van der Waals surface area contributed by atoms with E-state index in [4.69, 9.17) is 0 Å². The number of rotatable bonds is 3. The van der Waals surface area contributed by atoms with Crippen LogP contribution in [0, 0.1) is 5.92 Å². The molecular formula is C20H29NO. The van der Waals surface area contributed by atoms with Crippen molar-refractivity contribution in [2.75, 3.05) is 13.1 Å². The van der Waals surface area contributed by atoms with Gasteiger partial charge in [-0.25, -0.2) is 0 Å². The van der Waals surface area contributed by atoms with Gasteiger partial charge < -0.3 is 5.11 Å². The van der Waals surface area contributed by atoms with E-state index in [0.717, 1.165) is 18.4 Å². The summed E-state index contributed by atoms with van der Waals surface area (Å²) in [6.45, 7) is 2.57. The van der Waals surface area contributed by atoms with Crippen molar-refractivity contribution in [1.82, 2.24) is 4.90 Å². The molecule has 1 saturated carbocycles. The van der Waals surface area contributed by atoms with E-state index in [0.29, 0.717) is 11.7 Å². The van der Waals surface area contributed by atoms with Crippen LogP contribution in [0.3, 0.4) is 0 Å². The first-order valence-corrected chi connectivity index (χ1v) is 9.38. The lowest BCUT2D eigenvalue weighted by Crippen LogP contribution is -2.36. The van der Waals surface area contributed by atoms with Crippen molar-refractivity contribution in [1.29, 1.82) is 0 Å². The summed E-state index contributed by atoms with van der Waals surface area (Å²) in [5.41, 5.74) is 2.68. The van der Waals surface area contributed by atoms with Crippen LogP contribution in [0.5, 0.6) is 5.75 Å². The number of nitrogens with zero attached hydrogens (tertiary/aromatic N) is 1. The second kappa shape index (κ2) is 6.23. The molecule has 2 unspecified atom stereocenters. The summed E-state index contributed by atoms with van der Waals surface area (Å²) in [6, 6.07) is 6.88. The van der Waals surface area contributed by atoms with Gasteiger partial charge in [-0.15, -0.1) is 0 Å². The average molecular weight is 299 g/mol. The molecule has 1 aromatic rings. The number of hydrogen-bond donors (Lipinski definition) is 1. The van der Waals surface area contributed by atoms with Crippen molar-refractivity contribution in [2.24, 2.45) is 5.92 Å². The Labute approximate surface area is 134 Å². The van der Waals surface area contributed by atoms with E-state index in [-0.39, 0.29) is 0 Å². The zero-order chi connectivity index (χ0) is 14.9. The van der Waals surface area contributed by atoms with E-state index in [9.17, 15) is 5.11 Å². The predicted octanol–water partition coefficient (Wildman–Crippen LogP) is 4.47. The van der Waals surface area contributed by atoms with Gasteiger partial charge in [0, 0.05) is 12.0 Å². The van der Waals surface area contributed by atoms with E-state index in [1.54, 1.807) is 0 Å². The lowest BCUT2D eigenvalue weighted by molar-refractivity contribution is 0.199. The molecule has 2 heteroatoms. The highest BCUT2D eigenvalue weighted by Gasteiger charge is 2.39. The van der Waals surface area contributed by atoms with Gasteiger partial charge >= 0.3 is 0 Å². The Morgan fingerprint density at radius 3 is 2.77 bits per heavy atom. The summed E-state index contributed by atoms with van der Waals surface area (Å²) >= 11 is 0. The molecular weight excluding hydrogens is 270 g/mol. The predicted molar refractivity (Wildman–Crippen MR) is 90.3 cm³/mol. The van der Waals surface area contributed by atoms with E-state index in [2.05, 4.69) is 11.0 Å². The first kappa shape index (κ1) is 14.6. The van der Waals surface area contributed by atoms with Crippen molar-refractivity contribution in [3.05, 3.63) is 29.3 Å². The molecule has 0 bridgehead atoms. The van der Waals surface area contributed by atoms with Gasteiger partial charge in [-0.05, 0) is 61.9 Å². The number of phenols is 1. The maximum Gasteiger partial charge on any atom is 0.119 e. The maximum absolute atomic E-state index is 10.1. The van der Waals surface area contributed by atoms with Crippen molar-refractivity contribution in [3.8, 4) is 5.75 Å². The van der Waals surface area contributed by atoms with Crippen LogP contribution in [0.15, 0.2) is 18.2 Å². The van der Waals surface area contributed by atoms with Crippen LogP contribution in [0.25, 0.3) is 0 Å². The molecule has 1 aromatic carbocycles. The molecule has 2 atom stereocenters. The fourth-order valence-electron chi connectivity index (χ4n) is 5.27. The summed E-state index contributed by atoms with van der Waals surface area (Å²) in [5, 5.41) is 10.1. The average Bonchev–Trinajstić information content (AvgIpc) is 2.98. The normalized spacial score (nSPS) is 29.3. The zero-order valence-electron chi connectivity index (χ0n) is 13.6. The molecule has 1 heterocycles. The Morgan fingerprint density at radius 1 is 1.05 bits per heavy atom. The van der Waals surface area contributed by atoms with E-state index >= 15 is 0 Å². The van der Waals surface area contributed by atoms with Gasteiger partial charge in [-0.3, -0.25) is 4.90 Å². The molecule has 0 aromatic heterocycles. The molecule has 3 aliphatic rings. The molecule has 1 saturated heterocycles. The molecule has 0 spiro atoms. The first-order chi connectivity index (χ1) is 10.8. The fraction of sp³-hybridized carbons (Fsp3) is 0.700. The minimum Gasteiger partial charge on any atom is -0.508 e. The topological polar surface area (TPSA) is 23.5 Å². The van der Waals surface area contributed by atoms with Crippen LogP contribution in [0.4, 0.5) is 0 Å². The summed E-state index contributed by atoms with van der Waals surface area (Å²) in [6.07, 6.45) is 12.3. The van der Waals surface area contributed by atoms with Crippen LogP contribution in [-0.2, 0) is 6.42 Å². The highest BCUT2D eigenvalue weighted by Crippen LogP contribution is 2.44. The number of benzene rings is 1. The third-order valence-corrected chi connectivity index (χ3v) is 6.49. The zero-order valence-corrected chi connectivity index (χ0v) is 13.6. The molecule has 2 aliphatic carbocycles. The highest BCUT2D eigenvalue weighted by molar-refractivity contribution is 5.44. The van der Waals surface area contributed by atoms with Gasteiger partial charge in [0.05, 0.1) is 0 Å². The number of fused-ring (bicyclic) bond motifs is 3. The summed E-state index contributed by atoms with van der Waals surface area (Å²) in [7, 11) is 0. The summed E-state index contributed by atoms with van der Waals surface area (Å²) in [5.74, 6) is 2.19. The Morgan fingerprint density at radius 2 is 1.91 bits per heavy atom. The van der Waals surface area contributed by atoms with Crippen LogP contribution < -0.4 is 0 Å². The lowest BCUT2D eigenvalue weighted by atomic mass is 9.79. The van der Waals surface area contributed by atoms with Crippen LogP contribution in [0.2, 0.25) is 0 Å². The van der Waals surface area contributed by atoms with Crippen LogP contribution in [-0.4, -0.2) is 29.1 Å². The molecule has 4 rings (SSSR count). The smallest absolute Gasteiger partial charge is 0.119 e. The van der Waals surface area contributed by atoms with Gasteiger partial charge in [0.25, 0.3) is 0 Å². The number of likely N-dealkylation sites (tertiary alicyclic amines) is 1. The van der Waals surface area contributed by atoms with Crippen molar-refractivity contribution >= 4 is 0 Å². The monoisotopic (exact) mass is 299 g/mol. The first-order valence-electron chi connectivity index (χ1n) is 9.38. The number of phenolic OH excluding ortho intramolecular Hbond substituents is 1. The standard InChI is InChI=1S/C20H29NO/c22-20-8-4-7-16-17-12-14-21(19(17)10-9-18(16)20)13-11-15-5-2-1-3-6-15/h4,7-8,15,17,19,22H,1-3,5-6,9-14H2. The van der Waals surface area contributed by atoms with Gasteiger partial charge in [0.15, 0.2) is 0 Å². The summed E-state index contributed by atoms with van der Waals surface area (Å²) < 4.78 is 0. The largest absolute Gasteiger partial charge is 0.508 e. The van der Waals surface area contributed by atoms with Crippen LogP contribution >= 0.6 is 0 Å². The lowest BCUT2D eigenvalue weighted by Gasteiger charge is -2.34. The minimum atomic E-state index is 0.525. The number of aromatic hydroxyl groups is 1. The maximum atomic E-state index is 10.1. The Balaban J connectivity index is 1.42. The van der Waals surface area contributed by atoms with E-state index in [1.807, 2.05) is 12.1 Å². The molecule has 0 radical (unpaired) electrons. The third-order valence-electron chi connectivity index (χ3n) is 6.49. The van der Waals surface area contributed by atoms with Gasteiger partial charge in [-0.2, -0.15) is 0 Å². The molecule has 2 fully saturated rings. The molecule has 0 amide bonds. The second-order valence-corrected chi connectivity index (χ2v) is 7.67. The SMILES string of the molecule is Oc1cccc2c1CCC1C2CCN1CCC1CCCCC1. The Hall–Kier alpha value is -1.02. The molecule has 1 aliphatic heterocycles. The van der Waals surface area contributed by atoms with E-state index in [1.165, 1.54) is 75.6 Å². The number of hydrogen-bond acceptors (Lipinski definition) is 2. The third kappa shape index (κ3) is 2.67. The molecule has 120 valence electrons. The highest BCUT2D eigenvalue weighted by atomic mass is 16.3. The van der Waals surface area contributed by atoms with Crippen molar-refractivity contribution in [3.63, 3.8) is 0 Å². The van der Waals surface area contributed by atoms with E-state index < -0.39 is 0 Å². The second-order valence-electron chi connectivity index (χ2n) is 7.67. The Bertz CT molecular complexity index is 520. The van der Waals surface area contributed by atoms with Crippen molar-refractivity contribution in [2.45, 2.75) is 69.7 Å². The Kier molecular flexibility index (Phi) is 4.13. The summed E-state index contributed by atoms with van der Waals surface area (Å²) in [4.78, 5) is 2.77.